The topological polar surface area (TPSA) is 102 Å². The predicted octanol–water partition coefficient (Wildman–Crippen LogP) is 7.27. The van der Waals surface area contributed by atoms with E-state index in [1.165, 1.54) is 25.1 Å². The number of hydrogen-bond acceptors (Lipinski definition) is 5. The number of alkyl halides is 3. The van der Waals surface area contributed by atoms with Gasteiger partial charge in [0.1, 0.15) is 17.5 Å². The largest absolute Gasteiger partial charge is 0.481 e. The number of hydrogen-bond donors (Lipinski definition) is 2. The number of aromatic nitrogens is 1. The summed E-state index contributed by atoms with van der Waals surface area (Å²) in [5, 5.41) is 15.4. The second kappa shape index (κ2) is 10.8. The van der Waals surface area contributed by atoms with Gasteiger partial charge in [-0.05, 0) is 36.6 Å². The third-order valence-corrected chi connectivity index (χ3v) is 5.87. The van der Waals surface area contributed by atoms with Crippen LogP contribution in [-0.4, -0.2) is 22.3 Å². The van der Waals surface area contributed by atoms with E-state index in [1.54, 1.807) is 31.2 Å². The molecule has 0 radical (unpaired) electrons. The van der Waals surface area contributed by atoms with Crippen molar-refractivity contribution in [2.75, 3.05) is 5.32 Å². The van der Waals surface area contributed by atoms with Gasteiger partial charge < -0.3 is 14.4 Å². The molecule has 0 aliphatic carbocycles. The average molecular weight is 524 g/mol. The number of nitrogens with zero attached hydrogens (tertiary/aromatic N) is 1. The van der Waals surface area contributed by atoms with Crippen molar-refractivity contribution < 1.29 is 37.1 Å². The van der Waals surface area contributed by atoms with Crippen molar-refractivity contribution in [2.24, 2.45) is 0 Å². The van der Waals surface area contributed by atoms with Gasteiger partial charge in [-0.3, -0.25) is 10.1 Å². The van der Waals surface area contributed by atoms with Crippen LogP contribution in [0, 0.1) is 6.92 Å². The van der Waals surface area contributed by atoms with Gasteiger partial charge in [-0.2, -0.15) is 13.2 Å². The number of rotatable bonds is 7. The molecule has 1 amide bonds. The fraction of sp³-hybridized carbons (Fsp3) is 0.179. The Morgan fingerprint density at radius 1 is 0.974 bits per heavy atom. The Hall–Kier alpha value is -4.60. The minimum atomic E-state index is -4.59. The van der Waals surface area contributed by atoms with Crippen LogP contribution in [0.3, 0.4) is 0 Å². The Balaban J connectivity index is 1.49. The smallest absolute Gasteiger partial charge is 0.416 e. The summed E-state index contributed by atoms with van der Waals surface area (Å²) in [5.74, 6) is -0.649. The van der Waals surface area contributed by atoms with Crippen LogP contribution in [0.4, 0.5) is 23.7 Å². The summed E-state index contributed by atoms with van der Waals surface area (Å²) in [4.78, 5) is 23.5. The maximum absolute atomic E-state index is 13.3. The number of carboxylic acid groups (broad SMARTS) is 1. The molecule has 0 spiro atoms. The molecule has 4 rings (SSSR count). The number of halogens is 3. The number of aliphatic carboxylic acids is 1. The van der Waals surface area contributed by atoms with Crippen molar-refractivity contribution in [3.05, 3.63) is 95.2 Å². The monoisotopic (exact) mass is 524 g/mol. The van der Waals surface area contributed by atoms with Gasteiger partial charge in [0.2, 0.25) is 0 Å². The molecule has 3 aromatic carbocycles. The molecule has 0 aliphatic rings. The normalized spacial score (nSPS) is 12.1. The van der Waals surface area contributed by atoms with Crippen molar-refractivity contribution in [2.45, 2.75) is 32.5 Å². The molecule has 1 heterocycles. The fourth-order valence-electron chi connectivity index (χ4n) is 3.98. The Bertz CT molecular complexity index is 1440. The summed E-state index contributed by atoms with van der Waals surface area (Å²) in [5.41, 5.74) is 2.60. The Kier molecular flexibility index (Phi) is 7.52. The SMILES string of the molecule is Cc1noc(-c2ccc(-c3ccc(CC(=O)O)cc3)cc2)c1NC(=O)O[C@H](C)c1ccccc1C(F)(F)F. The number of nitrogens with one attached hydrogen (secondary N) is 1. The summed E-state index contributed by atoms with van der Waals surface area (Å²) in [6.07, 6.45) is -6.77. The van der Waals surface area contributed by atoms with Gasteiger partial charge in [0, 0.05) is 11.1 Å². The first-order valence-electron chi connectivity index (χ1n) is 11.5. The molecule has 0 aliphatic heterocycles. The van der Waals surface area contributed by atoms with Crippen LogP contribution in [0.1, 0.15) is 35.4 Å². The molecule has 2 N–H and O–H groups in total. The van der Waals surface area contributed by atoms with Crippen molar-refractivity contribution >= 4 is 17.7 Å². The van der Waals surface area contributed by atoms with Crippen LogP contribution in [0.25, 0.3) is 22.5 Å². The standard InChI is InChI=1S/C28H23F3N2O5/c1-16-25(32-27(36)37-17(2)22-5-3-4-6-23(22)28(29,30)31)26(38-33-16)21-13-11-20(12-14-21)19-9-7-18(8-10-19)15-24(34)35/h3-14,17H,15H2,1-2H3,(H,32,36)(H,34,35)/t17-/m1/s1. The Morgan fingerprint density at radius 2 is 1.55 bits per heavy atom. The Morgan fingerprint density at radius 3 is 2.16 bits per heavy atom. The van der Waals surface area contributed by atoms with E-state index >= 15 is 0 Å². The van der Waals surface area contributed by atoms with Crippen molar-refractivity contribution in [1.29, 1.82) is 0 Å². The molecule has 0 unspecified atom stereocenters. The molecule has 4 aromatic rings. The quantitative estimate of drug-likeness (QED) is 0.264. The zero-order valence-electron chi connectivity index (χ0n) is 20.4. The predicted molar refractivity (Wildman–Crippen MR) is 133 cm³/mol. The van der Waals surface area contributed by atoms with E-state index < -0.39 is 29.9 Å². The van der Waals surface area contributed by atoms with E-state index in [0.29, 0.717) is 16.8 Å². The number of ether oxygens (including phenoxy) is 1. The molecule has 10 heteroatoms. The molecule has 0 bridgehead atoms. The van der Waals surface area contributed by atoms with Crippen LogP contribution >= 0.6 is 0 Å². The third-order valence-electron chi connectivity index (χ3n) is 5.87. The van der Waals surface area contributed by atoms with Crippen LogP contribution in [0.15, 0.2) is 77.3 Å². The highest BCUT2D eigenvalue weighted by Gasteiger charge is 2.35. The van der Waals surface area contributed by atoms with Crippen LogP contribution < -0.4 is 5.32 Å². The van der Waals surface area contributed by atoms with Crippen molar-refractivity contribution in [3.63, 3.8) is 0 Å². The second-order valence-electron chi connectivity index (χ2n) is 8.57. The number of carbonyl (C=O) groups excluding carboxylic acids is 1. The lowest BCUT2D eigenvalue weighted by Gasteiger charge is -2.19. The second-order valence-corrected chi connectivity index (χ2v) is 8.57. The van der Waals surface area contributed by atoms with Gasteiger partial charge in [-0.15, -0.1) is 0 Å². The highest BCUT2D eigenvalue weighted by molar-refractivity contribution is 5.91. The number of carbonyl (C=O) groups is 2. The third kappa shape index (κ3) is 6.03. The highest BCUT2D eigenvalue weighted by Crippen LogP contribution is 2.36. The molecular weight excluding hydrogens is 501 g/mol. The van der Waals surface area contributed by atoms with Gasteiger partial charge in [0.15, 0.2) is 5.76 Å². The lowest BCUT2D eigenvalue weighted by atomic mass is 10.0. The molecule has 7 nitrogen and oxygen atoms in total. The van der Waals surface area contributed by atoms with Gasteiger partial charge in [-0.1, -0.05) is 71.9 Å². The molecule has 0 saturated heterocycles. The minimum Gasteiger partial charge on any atom is -0.481 e. The van der Waals surface area contributed by atoms with Gasteiger partial charge >= 0.3 is 18.2 Å². The summed E-state index contributed by atoms with van der Waals surface area (Å²) in [6.45, 7) is 2.97. The van der Waals surface area contributed by atoms with Crippen LogP contribution in [0.5, 0.6) is 0 Å². The van der Waals surface area contributed by atoms with Gasteiger partial charge in [-0.25, -0.2) is 4.79 Å². The molecule has 1 atom stereocenters. The lowest BCUT2D eigenvalue weighted by Crippen LogP contribution is -2.19. The van der Waals surface area contributed by atoms with Gasteiger partial charge in [0.25, 0.3) is 0 Å². The zero-order chi connectivity index (χ0) is 27.4. The van der Waals surface area contributed by atoms with E-state index in [0.717, 1.165) is 17.2 Å². The van der Waals surface area contributed by atoms with E-state index in [-0.39, 0.29) is 23.4 Å². The van der Waals surface area contributed by atoms with Gasteiger partial charge in [0.05, 0.1) is 12.0 Å². The van der Waals surface area contributed by atoms with Crippen LogP contribution in [-0.2, 0) is 22.1 Å². The number of aryl methyl sites for hydroxylation is 1. The molecule has 1 aromatic heterocycles. The number of amides is 1. The lowest BCUT2D eigenvalue weighted by molar-refractivity contribution is -0.139. The molecular formula is C28H23F3N2O5. The highest BCUT2D eigenvalue weighted by atomic mass is 19.4. The molecule has 0 saturated carbocycles. The Labute approximate surface area is 215 Å². The van der Waals surface area contributed by atoms with E-state index in [2.05, 4.69) is 10.5 Å². The minimum absolute atomic E-state index is 0.0596. The molecule has 0 fully saturated rings. The first kappa shape index (κ1) is 26.5. The summed E-state index contributed by atoms with van der Waals surface area (Å²) in [7, 11) is 0. The van der Waals surface area contributed by atoms with E-state index in [9.17, 15) is 22.8 Å². The van der Waals surface area contributed by atoms with E-state index in [4.69, 9.17) is 14.4 Å². The van der Waals surface area contributed by atoms with Crippen molar-refractivity contribution in [3.8, 4) is 22.5 Å². The summed E-state index contributed by atoms with van der Waals surface area (Å²) < 4.78 is 50.7. The number of benzene rings is 3. The molecule has 38 heavy (non-hydrogen) atoms. The first-order valence-corrected chi connectivity index (χ1v) is 11.5. The van der Waals surface area contributed by atoms with E-state index in [1.807, 2.05) is 24.3 Å². The van der Waals surface area contributed by atoms with Crippen molar-refractivity contribution in [1.82, 2.24) is 5.16 Å². The average Bonchev–Trinajstić information content (AvgIpc) is 3.23. The maximum atomic E-state index is 13.3. The zero-order valence-corrected chi connectivity index (χ0v) is 20.4. The summed E-state index contributed by atoms with van der Waals surface area (Å²) >= 11 is 0. The number of carboxylic acids is 1. The van der Waals surface area contributed by atoms with Crippen LogP contribution in [0.2, 0.25) is 0 Å². The maximum Gasteiger partial charge on any atom is 0.416 e. The summed E-state index contributed by atoms with van der Waals surface area (Å²) in [6, 6.07) is 19.2. The number of anilines is 1. The fourth-order valence-corrected chi connectivity index (χ4v) is 3.98. The first-order chi connectivity index (χ1) is 18.0. The molecule has 196 valence electrons.